The fourth-order valence-electron chi connectivity index (χ4n) is 2.40. The van der Waals surface area contributed by atoms with Crippen LogP contribution in [0.25, 0.3) is 0 Å². The minimum atomic E-state index is 0.0634. The highest BCUT2D eigenvalue weighted by Gasteiger charge is 2.15. The van der Waals surface area contributed by atoms with Crippen molar-refractivity contribution < 1.29 is 9.84 Å². The summed E-state index contributed by atoms with van der Waals surface area (Å²) in [6.07, 6.45) is 1.83. The lowest BCUT2D eigenvalue weighted by atomic mass is 10.1. The van der Waals surface area contributed by atoms with Gasteiger partial charge in [0.25, 0.3) is 0 Å². The summed E-state index contributed by atoms with van der Waals surface area (Å²) in [4.78, 5) is 0. The summed E-state index contributed by atoms with van der Waals surface area (Å²) in [5.74, 6) is 0.343. The number of phenols is 1. The average Bonchev–Trinajstić information content (AvgIpc) is 2.48. The van der Waals surface area contributed by atoms with E-state index in [-0.39, 0.29) is 12.2 Å². The van der Waals surface area contributed by atoms with E-state index in [1.807, 2.05) is 36.4 Å². The van der Waals surface area contributed by atoms with Crippen LogP contribution in [-0.4, -0.2) is 11.2 Å². The van der Waals surface area contributed by atoms with Gasteiger partial charge < -0.3 is 9.84 Å². The number of phenolic OH excluding ortho intramolecular Hbond substituents is 1. The number of hydrogen-bond acceptors (Lipinski definition) is 2. The summed E-state index contributed by atoms with van der Waals surface area (Å²) in [6.45, 7) is 4.18. The minimum absolute atomic E-state index is 0.0634. The van der Waals surface area contributed by atoms with Crippen LogP contribution >= 0.6 is 0 Å². The van der Waals surface area contributed by atoms with Gasteiger partial charge in [0.05, 0.1) is 12.2 Å². The number of aromatic hydroxyl groups is 1. The fourth-order valence-corrected chi connectivity index (χ4v) is 2.40. The van der Waals surface area contributed by atoms with Crippen LogP contribution in [0.2, 0.25) is 0 Å². The lowest BCUT2D eigenvalue weighted by molar-refractivity contribution is -0.00529. The van der Waals surface area contributed by atoms with Gasteiger partial charge >= 0.3 is 0 Å². The van der Waals surface area contributed by atoms with E-state index >= 15 is 0 Å². The number of para-hydroxylation sites is 1. The molecule has 0 heterocycles. The smallest absolute Gasteiger partial charge is 0.118 e. The Morgan fingerprint density at radius 2 is 1.65 bits per heavy atom. The largest absolute Gasteiger partial charge is 0.508 e. The molecule has 0 aromatic heterocycles. The van der Waals surface area contributed by atoms with Gasteiger partial charge in [-0.25, -0.2) is 0 Å². The van der Waals surface area contributed by atoms with Crippen LogP contribution in [0, 0.1) is 0 Å². The third-order valence-corrected chi connectivity index (χ3v) is 3.44. The first-order valence-corrected chi connectivity index (χ1v) is 7.18. The normalized spacial score (nSPS) is 13.9. The van der Waals surface area contributed by atoms with E-state index < -0.39 is 0 Å². The van der Waals surface area contributed by atoms with Crippen LogP contribution in [0.4, 0.5) is 0 Å². The molecule has 0 aliphatic rings. The Bertz CT molecular complexity index is 522. The zero-order valence-corrected chi connectivity index (χ0v) is 12.1. The Morgan fingerprint density at radius 3 is 2.30 bits per heavy atom. The first-order valence-electron chi connectivity index (χ1n) is 7.18. The predicted molar refractivity (Wildman–Crippen MR) is 81.8 cm³/mol. The molecule has 106 valence electrons. The standard InChI is InChI=1S/C18H22O2/c1-3-18(15-9-5-4-6-10-15)20-14(2)13-16-11-7-8-12-17(16)19/h4-12,14,18-19H,3,13H2,1-2H3. The fraction of sp³-hybridized carbons (Fsp3) is 0.333. The molecule has 2 aromatic carbocycles. The number of rotatable bonds is 6. The molecule has 2 atom stereocenters. The molecule has 0 spiro atoms. The lowest BCUT2D eigenvalue weighted by Gasteiger charge is -2.22. The molecule has 20 heavy (non-hydrogen) atoms. The second kappa shape index (κ2) is 7.11. The maximum absolute atomic E-state index is 9.81. The van der Waals surface area contributed by atoms with Crippen LogP contribution in [0.15, 0.2) is 54.6 Å². The Labute approximate surface area is 121 Å². The van der Waals surface area contributed by atoms with Gasteiger partial charge in [0.1, 0.15) is 5.75 Å². The Morgan fingerprint density at radius 1 is 1.00 bits per heavy atom. The highest BCUT2D eigenvalue weighted by molar-refractivity contribution is 5.32. The van der Waals surface area contributed by atoms with Crippen molar-refractivity contribution in [3.63, 3.8) is 0 Å². The molecule has 0 fully saturated rings. The molecular formula is C18H22O2. The second-order valence-corrected chi connectivity index (χ2v) is 5.09. The van der Waals surface area contributed by atoms with Crippen LogP contribution in [0.1, 0.15) is 37.5 Å². The van der Waals surface area contributed by atoms with Gasteiger partial charge in [-0.15, -0.1) is 0 Å². The Balaban J connectivity index is 2.00. The van der Waals surface area contributed by atoms with Crippen molar-refractivity contribution in [1.29, 1.82) is 0 Å². The van der Waals surface area contributed by atoms with Gasteiger partial charge in [0, 0.05) is 6.42 Å². The van der Waals surface area contributed by atoms with Crippen molar-refractivity contribution in [3.8, 4) is 5.75 Å². The molecule has 0 aliphatic heterocycles. The molecule has 0 bridgehead atoms. The van der Waals surface area contributed by atoms with Crippen molar-refractivity contribution in [3.05, 3.63) is 65.7 Å². The van der Waals surface area contributed by atoms with Gasteiger partial charge in [-0.3, -0.25) is 0 Å². The number of ether oxygens (including phenoxy) is 1. The highest BCUT2D eigenvalue weighted by Crippen LogP contribution is 2.25. The van der Waals surface area contributed by atoms with E-state index in [2.05, 4.69) is 26.0 Å². The van der Waals surface area contributed by atoms with Crippen molar-refractivity contribution in [1.82, 2.24) is 0 Å². The van der Waals surface area contributed by atoms with Crippen molar-refractivity contribution in [2.24, 2.45) is 0 Å². The molecule has 0 amide bonds. The molecule has 0 radical (unpaired) electrons. The SMILES string of the molecule is CCC(OC(C)Cc1ccccc1O)c1ccccc1. The Kier molecular flexibility index (Phi) is 5.19. The highest BCUT2D eigenvalue weighted by atomic mass is 16.5. The molecule has 2 rings (SSSR count). The maximum atomic E-state index is 9.81. The van der Waals surface area contributed by atoms with E-state index in [9.17, 15) is 5.11 Å². The van der Waals surface area contributed by atoms with Crippen LogP contribution in [0.3, 0.4) is 0 Å². The van der Waals surface area contributed by atoms with E-state index in [0.717, 1.165) is 18.4 Å². The van der Waals surface area contributed by atoms with Gasteiger partial charge in [-0.1, -0.05) is 55.5 Å². The van der Waals surface area contributed by atoms with E-state index in [1.165, 1.54) is 5.56 Å². The summed E-state index contributed by atoms with van der Waals surface area (Å²) >= 11 is 0. The van der Waals surface area contributed by atoms with Crippen LogP contribution in [0.5, 0.6) is 5.75 Å². The van der Waals surface area contributed by atoms with E-state index in [1.54, 1.807) is 6.07 Å². The topological polar surface area (TPSA) is 29.5 Å². The molecule has 2 unspecified atom stereocenters. The van der Waals surface area contributed by atoms with Crippen molar-refractivity contribution in [2.45, 2.75) is 38.9 Å². The summed E-state index contributed by atoms with van der Waals surface area (Å²) < 4.78 is 6.13. The van der Waals surface area contributed by atoms with Crippen LogP contribution in [-0.2, 0) is 11.2 Å². The molecular weight excluding hydrogens is 248 g/mol. The third kappa shape index (κ3) is 3.84. The third-order valence-electron chi connectivity index (χ3n) is 3.44. The van der Waals surface area contributed by atoms with Gasteiger partial charge in [-0.05, 0) is 30.5 Å². The van der Waals surface area contributed by atoms with Gasteiger partial charge in [-0.2, -0.15) is 0 Å². The zero-order chi connectivity index (χ0) is 14.4. The lowest BCUT2D eigenvalue weighted by Crippen LogP contribution is -2.16. The second-order valence-electron chi connectivity index (χ2n) is 5.09. The summed E-state index contributed by atoms with van der Waals surface area (Å²) in [7, 11) is 0. The van der Waals surface area contributed by atoms with Gasteiger partial charge in [0.2, 0.25) is 0 Å². The minimum Gasteiger partial charge on any atom is -0.508 e. The van der Waals surface area contributed by atoms with Gasteiger partial charge in [0.15, 0.2) is 0 Å². The quantitative estimate of drug-likeness (QED) is 0.838. The molecule has 2 nitrogen and oxygen atoms in total. The first kappa shape index (κ1) is 14.6. The zero-order valence-electron chi connectivity index (χ0n) is 12.1. The predicted octanol–water partition coefficient (Wildman–Crippen LogP) is 4.49. The maximum Gasteiger partial charge on any atom is 0.118 e. The summed E-state index contributed by atoms with van der Waals surface area (Å²) in [6, 6.07) is 17.7. The van der Waals surface area contributed by atoms with Crippen molar-refractivity contribution >= 4 is 0 Å². The number of hydrogen-bond donors (Lipinski definition) is 1. The molecule has 2 aromatic rings. The first-order chi connectivity index (χ1) is 9.70. The number of benzene rings is 2. The average molecular weight is 270 g/mol. The van der Waals surface area contributed by atoms with Crippen molar-refractivity contribution in [2.75, 3.05) is 0 Å². The Hall–Kier alpha value is -1.80. The monoisotopic (exact) mass is 270 g/mol. The molecule has 0 aliphatic carbocycles. The molecule has 0 saturated carbocycles. The van der Waals surface area contributed by atoms with E-state index in [4.69, 9.17) is 4.74 Å². The van der Waals surface area contributed by atoms with Crippen LogP contribution < -0.4 is 0 Å². The summed E-state index contributed by atoms with van der Waals surface area (Å²) in [5.41, 5.74) is 2.14. The molecule has 0 saturated heterocycles. The van der Waals surface area contributed by atoms with E-state index in [0.29, 0.717) is 5.75 Å². The molecule has 1 N–H and O–H groups in total. The molecule has 2 heteroatoms. The summed E-state index contributed by atoms with van der Waals surface area (Å²) in [5, 5.41) is 9.81.